The number of aryl methyl sites for hydroxylation is 2. The summed E-state index contributed by atoms with van der Waals surface area (Å²) in [5.74, 6) is 2.64. The van der Waals surface area contributed by atoms with Crippen LogP contribution in [0.5, 0.6) is 0 Å². The topological polar surface area (TPSA) is 97.2 Å². The van der Waals surface area contributed by atoms with Gasteiger partial charge in [0.25, 0.3) is 0 Å². The second kappa shape index (κ2) is 10.3. The van der Waals surface area contributed by atoms with E-state index in [1.807, 2.05) is 12.4 Å². The molecule has 3 heterocycles. The molecule has 8 nitrogen and oxygen atoms in total. The van der Waals surface area contributed by atoms with E-state index in [1.165, 1.54) is 18.4 Å². The second-order valence-electron chi connectivity index (χ2n) is 8.29. The van der Waals surface area contributed by atoms with Gasteiger partial charge in [0.05, 0.1) is 5.41 Å². The molecule has 0 saturated carbocycles. The minimum atomic E-state index is -0.537. The van der Waals surface area contributed by atoms with Gasteiger partial charge >= 0.3 is 0 Å². The molecule has 3 aromatic rings. The molecule has 0 amide bonds. The summed E-state index contributed by atoms with van der Waals surface area (Å²) in [6.07, 6.45) is 15.5. The second-order valence-corrected chi connectivity index (χ2v) is 8.29. The van der Waals surface area contributed by atoms with E-state index in [-0.39, 0.29) is 0 Å². The zero-order valence-electron chi connectivity index (χ0n) is 19.0. The van der Waals surface area contributed by atoms with E-state index in [9.17, 15) is 0 Å². The van der Waals surface area contributed by atoms with Gasteiger partial charge < -0.3 is 5.32 Å². The minimum Gasteiger partial charge on any atom is -0.368 e. The largest absolute Gasteiger partial charge is 0.368 e. The van der Waals surface area contributed by atoms with Crippen LogP contribution < -0.4 is 5.32 Å². The normalized spacial score (nSPS) is 14.6. The van der Waals surface area contributed by atoms with Crippen molar-refractivity contribution in [2.75, 3.05) is 0 Å². The molecule has 0 bridgehead atoms. The molecule has 2 N–H and O–H groups in total. The lowest BCUT2D eigenvalue weighted by Gasteiger charge is -2.26. The first-order valence-corrected chi connectivity index (χ1v) is 11.6. The molecule has 32 heavy (non-hydrogen) atoms. The number of unbranched alkanes of at least 4 members (excludes halogenated alkanes) is 3. The van der Waals surface area contributed by atoms with Gasteiger partial charge in [0.1, 0.15) is 5.82 Å². The zero-order chi connectivity index (χ0) is 22.2. The van der Waals surface area contributed by atoms with Crippen LogP contribution in [0.25, 0.3) is 0 Å². The fourth-order valence-electron chi connectivity index (χ4n) is 4.04. The van der Waals surface area contributed by atoms with Gasteiger partial charge in [-0.1, -0.05) is 62.6 Å². The van der Waals surface area contributed by atoms with Crippen molar-refractivity contribution in [2.24, 2.45) is 0 Å². The van der Waals surface area contributed by atoms with E-state index in [4.69, 9.17) is 10.1 Å². The summed E-state index contributed by atoms with van der Waals surface area (Å²) in [7, 11) is 0. The van der Waals surface area contributed by atoms with Gasteiger partial charge in [0.2, 0.25) is 0 Å². The lowest BCUT2D eigenvalue weighted by Crippen LogP contribution is -2.28. The molecule has 0 radical (unpaired) electrons. The Labute approximate surface area is 189 Å². The maximum absolute atomic E-state index is 4.89. The number of rotatable bonds is 11. The highest BCUT2D eigenvalue weighted by atomic mass is 15.5. The molecule has 0 saturated heterocycles. The average Bonchev–Trinajstić information content (AvgIpc) is 3.50. The number of hydrogen-bond acceptors (Lipinski definition) is 6. The Kier molecular flexibility index (Phi) is 7.09. The molecule has 0 fully saturated rings. The molecule has 1 aliphatic rings. The SMILES string of the molecule is CCCCCc1nc(Cc2ccc(C3(c4nn[nH]n4)C=CNC=C3)cc2)n(CCCC)n1. The zero-order valence-corrected chi connectivity index (χ0v) is 19.0. The van der Waals surface area contributed by atoms with Crippen molar-refractivity contribution >= 4 is 0 Å². The van der Waals surface area contributed by atoms with Gasteiger partial charge in [-0.05, 0) is 48.5 Å². The average molecular weight is 433 g/mol. The molecule has 1 aliphatic heterocycles. The van der Waals surface area contributed by atoms with Gasteiger partial charge in [0, 0.05) is 19.4 Å². The van der Waals surface area contributed by atoms with Crippen molar-refractivity contribution < 1.29 is 0 Å². The molecular weight excluding hydrogens is 400 g/mol. The third kappa shape index (κ3) is 4.79. The first-order chi connectivity index (χ1) is 15.7. The fourth-order valence-corrected chi connectivity index (χ4v) is 4.04. The Hall–Kier alpha value is -3.29. The molecule has 2 aromatic heterocycles. The Bertz CT molecular complexity index is 1020. The molecule has 4 rings (SSSR count). The number of benzene rings is 1. The first kappa shape index (κ1) is 21.9. The number of aromatic amines is 1. The van der Waals surface area contributed by atoms with Crippen LogP contribution in [-0.4, -0.2) is 35.4 Å². The number of hydrogen-bond donors (Lipinski definition) is 2. The molecule has 0 aliphatic carbocycles. The van der Waals surface area contributed by atoms with E-state index in [1.54, 1.807) is 0 Å². The predicted molar refractivity (Wildman–Crippen MR) is 124 cm³/mol. The number of dihydropyridines is 1. The van der Waals surface area contributed by atoms with E-state index in [0.717, 1.165) is 55.9 Å². The van der Waals surface area contributed by atoms with Crippen molar-refractivity contribution in [2.45, 2.75) is 70.8 Å². The maximum atomic E-state index is 4.89. The van der Waals surface area contributed by atoms with Crippen LogP contribution in [-0.2, 0) is 24.8 Å². The molecule has 1 aromatic carbocycles. The van der Waals surface area contributed by atoms with Crippen LogP contribution in [0.4, 0.5) is 0 Å². The fraction of sp³-hybridized carbons (Fsp3) is 0.458. The van der Waals surface area contributed by atoms with Crippen LogP contribution in [0.15, 0.2) is 48.8 Å². The summed E-state index contributed by atoms with van der Waals surface area (Å²) in [6, 6.07) is 8.61. The summed E-state index contributed by atoms with van der Waals surface area (Å²) < 4.78 is 2.11. The monoisotopic (exact) mass is 432 g/mol. The van der Waals surface area contributed by atoms with Crippen molar-refractivity contribution in [1.29, 1.82) is 0 Å². The van der Waals surface area contributed by atoms with Crippen LogP contribution in [0.3, 0.4) is 0 Å². The van der Waals surface area contributed by atoms with Gasteiger partial charge in [-0.25, -0.2) is 9.67 Å². The van der Waals surface area contributed by atoms with Gasteiger partial charge in [0.15, 0.2) is 11.6 Å². The van der Waals surface area contributed by atoms with E-state index >= 15 is 0 Å². The highest BCUT2D eigenvalue weighted by Gasteiger charge is 2.34. The maximum Gasteiger partial charge on any atom is 0.192 e. The van der Waals surface area contributed by atoms with E-state index < -0.39 is 5.41 Å². The summed E-state index contributed by atoms with van der Waals surface area (Å²) in [5.41, 5.74) is 1.76. The van der Waals surface area contributed by atoms with Crippen molar-refractivity contribution in [3.8, 4) is 0 Å². The van der Waals surface area contributed by atoms with Crippen molar-refractivity contribution in [3.05, 3.63) is 77.4 Å². The Balaban J connectivity index is 1.55. The lowest BCUT2D eigenvalue weighted by molar-refractivity contribution is 0.544. The van der Waals surface area contributed by atoms with Gasteiger partial charge in [-0.3, -0.25) is 0 Å². The summed E-state index contributed by atoms with van der Waals surface area (Å²) in [6.45, 7) is 5.36. The Morgan fingerprint density at radius 3 is 2.44 bits per heavy atom. The Morgan fingerprint density at radius 2 is 1.75 bits per heavy atom. The summed E-state index contributed by atoms with van der Waals surface area (Å²) >= 11 is 0. The van der Waals surface area contributed by atoms with Crippen LogP contribution >= 0.6 is 0 Å². The number of nitrogens with one attached hydrogen (secondary N) is 2. The van der Waals surface area contributed by atoms with Gasteiger partial charge in [-0.15, -0.1) is 10.2 Å². The molecule has 8 heteroatoms. The molecule has 0 atom stereocenters. The first-order valence-electron chi connectivity index (χ1n) is 11.6. The van der Waals surface area contributed by atoms with Crippen LogP contribution in [0, 0.1) is 0 Å². The summed E-state index contributed by atoms with van der Waals surface area (Å²) in [4.78, 5) is 4.89. The quantitative estimate of drug-likeness (QED) is 0.447. The number of tetrazole rings is 1. The van der Waals surface area contributed by atoms with Crippen LogP contribution in [0.2, 0.25) is 0 Å². The van der Waals surface area contributed by atoms with Crippen LogP contribution in [0.1, 0.15) is 74.6 Å². The highest BCUT2D eigenvalue weighted by Crippen LogP contribution is 2.34. The highest BCUT2D eigenvalue weighted by molar-refractivity contribution is 5.46. The smallest absolute Gasteiger partial charge is 0.192 e. The predicted octanol–water partition coefficient (Wildman–Crippen LogP) is 3.83. The van der Waals surface area contributed by atoms with E-state index in [2.05, 4.69) is 80.9 Å². The van der Waals surface area contributed by atoms with E-state index in [0.29, 0.717) is 5.82 Å². The minimum absolute atomic E-state index is 0.537. The van der Waals surface area contributed by atoms with Gasteiger partial charge in [-0.2, -0.15) is 10.3 Å². The standard InChI is InChI=1S/C24H32N8/c1-3-5-7-8-21-26-22(32(29-21)17-6-4-2)18-19-9-11-20(12-10-19)24(13-15-25-16-14-24)23-27-30-31-28-23/h9-16,25H,3-8,17-18H2,1-2H3,(H,27,28,30,31). The summed E-state index contributed by atoms with van der Waals surface area (Å²) in [5, 5.41) is 22.7. The van der Waals surface area contributed by atoms with Crippen molar-refractivity contribution in [3.63, 3.8) is 0 Å². The number of aromatic nitrogens is 7. The molecular formula is C24H32N8. The number of nitrogens with zero attached hydrogens (tertiary/aromatic N) is 6. The molecule has 0 unspecified atom stereocenters. The molecule has 0 spiro atoms. The Morgan fingerprint density at radius 1 is 0.969 bits per heavy atom. The third-order valence-corrected chi connectivity index (χ3v) is 5.91. The van der Waals surface area contributed by atoms with Crippen molar-refractivity contribution in [1.82, 2.24) is 40.7 Å². The number of allylic oxidation sites excluding steroid dienone is 2. The lowest BCUT2D eigenvalue weighted by atomic mass is 9.78. The molecule has 168 valence electrons. The third-order valence-electron chi connectivity index (χ3n) is 5.91. The number of H-pyrrole nitrogens is 1.